The average Bonchev–Trinajstić information content (AvgIpc) is 2.59. The molecule has 0 fully saturated rings. The summed E-state index contributed by atoms with van der Waals surface area (Å²) in [6.07, 6.45) is 2.89. The van der Waals surface area contributed by atoms with Crippen LogP contribution in [0.1, 0.15) is 22.8 Å². The van der Waals surface area contributed by atoms with Crippen LogP contribution < -0.4 is 14.2 Å². The molecular weight excluding hydrogens is 308 g/mol. The maximum atomic E-state index is 12.0. The Bertz CT molecular complexity index is 777. The predicted octanol–water partition coefficient (Wildman–Crippen LogP) is 3.53. The molecule has 0 amide bonds. The lowest BCUT2D eigenvalue weighted by Crippen LogP contribution is -2.07. The van der Waals surface area contributed by atoms with Crippen molar-refractivity contribution in [1.82, 2.24) is 0 Å². The van der Waals surface area contributed by atoms with Crippen LogP contribution in [-0.2, 0) is 4.79 Å². The molecule has 0 aliphatic carbocycles. The number of hydrogen-bond donors (Lipinski definition) is 0. The van der Waals surface area contributed by atoms with Crippen molar-refractivity contribution in [2.45, 2.75) is 6.92 Å². The van der Waals surface area contributed by atoms with Crippen molar-refractivity contribution in [3.8, 4) is 17.2 Å². The van der Waals surface area contributed by atoms with Crippen molar-refractivity contribution >= 4 is 17.8 Å². The lowest BCUT2D eigenvalue weighted by atomic mass is 10.1. The first-order chi connectivity index (χ1) is 11.5. The SMILES string of the molecule is COc1ccc(/C=C/C(=O)Oc2ccccc2C(C)=O)cc1OC. The number of carbonyl (C=O) groups is 2. The summed E-state index contributed by atoms with van der Waals surface area (Å²) < 4.78 is 15.6. The van der Waals surface area contributed by atoms with Gasteiger partial charge in [0.2, 0.25) is 0 Å². The van der Waals surface area contributed by atoms with Crippen molar-refractivity contribution in [2.75, 3.05) is 14.2 Å². The van der Waals surface area contributed by atoms with E-state index in [1.165, 1.54) is 20.1 Å². The zero-order valence-electron chi connectivity index (χ0n) is 13.7. The molecule has 2 rings (SSSR count). The summed E-state index contributed by atoms with van der Waals surface area (Å²) in [4.78, 5) is 23.5. The van der Waals surface area contributed by atoms with Crippen LogP contribution in [-0.4, -0.2) is 26.0 Å². The van der Waals surface area contributed by atoms with Crippen molar-refractivity contribution in [1.29, 1.82) is 0 Å². The van der Waals surface area contributed by atoms with Gasteiger partial charge in [-0.05, 0) is 42.8 Å². The topological polar surface area (TPSA) is 61.8 Å². The van der Waals surface area contributed by atoms with E-state index in [-0.39, 0.29) is 11.5 Å². The molecule has 0 aromatic heterocycles. The normalized spacial score (nSPS) is 10.5. The van der Waals surface area contributed by atoms with Gasteiger partial charge in [0.25, 0.3) is 0 Å². The molecule has 2 aromatic rings. The van der Waals surface area contributed by atoms with Crippen LogP contribution in [0.4, 0.5) is 0 Å². The molecule has 0 heterocycles. The van der Waals surface area contributed by atoms with Gasteiger partial charge in [0, 0.05) is 6.08 Å². The van der Waals surface area contributed by atoms with Crippen LogP contribution in [0.3, 0.4) is 0 Å². The average molecular weight is 326 g/mol. The fourth-order valence-electron chi connectivity index (χ4n) is 2.11. The minimum Gasteiger partial charge on any atom is -0.493 e. The molecule has 0 N–H and O–H groups in total. The fraction of sp³-hybridized carbons (Fsp3) is 0.158. The zero-order chi connectivity index (χ0) is 17.5. The second-order valence-electron chi connectivity index (χ2n) is 4.92. The monoisotopic (exact) mass is 326 g/mol. The Morgan fingerprint density at radius 2 is 1.62 bits per heavy atom. The molecule has 0 saturated carbocycles. The van der Waals surface area contributed by atoms with Gasteiger partial charge >= 0.3 is 5.97 Å². The zero-order valence-corrected chi connectivity index (χ0v) is 13.7. The Balaban J connectivity index is 2.13. The van der Waals surface area contributed by atoms with E-state index in [2.05, 4.69) is 0 Å². The van der Waals surface area contributed by atoms with E-state index >= 15 is 0 Å². The molecule has 0 bridgehead atoms. The van der Waals surface area contributed by atoms with Gasteiger partial charge in [-0.25, -0.2) is 4.79 Å². The highest BCUT2D eigenvalue weighted by atomic mass is 16.5. The smallest absolute Gasteiger partial charge is 0.336 e. The number of hydrogen-bond acceptors (Lipinski definition) is 5. The molecule has 5 heteroatoms. The first-order valence-corrected chi connectivity index (χ1v) is 7.27. The van der Waals surface area contributed by atoms with E-state index in [0.29, 0.717) is 17.1 Å². The molecule has 24 heavy (non-hydrogen) atoms. The summed E-state index contributed by atoms with van der Waals surface area (Å²) in [7, 11) is 3.09. The fourth-order valence-corrected chi connectivity index (χ4v) is 2.11. The Kier molecular flexibility index (Phi) is 5.73. The lowest BCUT2D eigenvalue weighted by Gasteiger charge is -2.08. The van der Waals surface area contributed by atoms with Crippen LogP contribution in [0.25, 0.3) is 6.08 Å². The van der Waals surface area contributed by atoms with Crippen molar-refractivity contribution in [3.63, 3.8) is 0 Å². The number of carbonyl (C=O) groups excluding carboxylic acids is 2. The van der Waals surface area contributed by atoms with Crippen LogP contribution in [0.5, 0.6) is 17.2 Å². The minimum atomic E-state index is -0.571. The first-order valence-electron chi connectivity index (χ1n) is 7.27. The number of para-hydroxylation sites is 1. The summed E-state index contributed by atoms with van der Waals surface area (Å²) in [6, 6.07) is 11.9. The van der Waals surface area contributed by atoms with Gasteiger partial charge in [-0.15, -0.1) is 0 Å². The first kappa shape index (κ1) is 17.3. The molecule has 0 radical (unpaired) electrons. The minimum absolute atomic E-state index is 0.165. The summed E-state index contributed by atoms with van der Waals surface area (Å²) in [5.74, 6) is 0.676. The summed E-state index contributed by atoms with van der Waals surface area (Å²) in [5.41, 5.74) is 1.12. The number of rotatable bonds is 6. The van der Waals surface area contributed by atoms with Gasteiger partial charge in [0.05, 0.1) is 19.8 Å². The Morgan fingerprint density at radius 3 is 2.29 bits per heavy atom. The van der Waals surface area contributed by atoms with Crippen molar-refractivity contribution in [2.24, 2.45) is 0 Å². The predicted molar refractivity (Wildman–Crippen MR) is 90.7 cm³/mol. The lowest BCUT2D eigenvalue weighted by molar-refractivity contribution is -0.128. The highest BCUT2D eigenvalue weighted by Gasteiger charge is 2.10. The van der Waals surface area contributed by atoms with Crippen LogP contribution in [0, 0.1) is 0 Å². The largest absolute Gasteiger partial charge is 0.493 e. The Labute approximate surface area is 140 Å². The molecule has 0 aliphatic heterocycles. The van der Waals surface area contributed by atoms with Gasteiger partial charge in [-0.2, -0.15) is 0 Å². The molecule has 124 valence electrons. The van der Waals surface area contributed by atoms with Crippen molar-refractivity contribution in [3.05, 3.63) is 59.7 Å². The number of ether oxygens (including phenoxy) is 3. The van der Waals surface area contributed by atoms with E-state index in [1.54, 1.807) is 55.7 Å². The summed E-state index contributed by atoms with van der Waals surface area (Å²) in [6.45, 7) is 1.42. The van der Waals surface area contributed by atoms with Crippen LogP contribution in [0.15, 0.2) is 48.5 Å². The number of ketones is 1. The Hall–Kier alpha value is -3.08. The second kappa shape index (κ2) is 7.97. The van der Waals surface area contributed by atoms with E-state index in [4.69, 9.17) is 14.2 Å². The number of esters is 1. The van der Waals surface area contributed by atoms with Gasteiger partial charge < -0.3 is 14.2 Å². The third kappa shape index (κ3) is 4.23. The third-order valence-corrected chi connectivity index (χ3v) is 3.30. The quantitative estimate of drug-likeness (QED) is 0.352. The molecule has 0 atom stereocenters. The molecule has 0 unspecified atom stereocenters. The third-order valence-electron chi connectivity index (χ3n) is 3.30. The van der Waals surface area contributed by atoms with Crippen molar-refractivity contribution < 1.29 is 23.8 Å². The van der Waals surface area contributed by atoms with E-state index in [0.717, 1.165) is 5.56 Å². The molecule has 0 spiro atoms. The van der Waals surface area contributed by atoms with Gasteiger partial charge in [0.15, 0.2) is 17.3 Å². The highest BCUT2D eigenvalue weighted by molar-refractivity contribution is 5.98. The molecule has 2 aromatic carbocycles. The van der Waals surface area contributed by atoms with Gasteiger partial charge in [0.1, 0.15) is 5.75 Å². The number of methoxy groups -OCH3 is 2. The molecule has 5 nitrogen and oxygen atoms in total. The second-order valence-corrected chi connectivity index (χ2v) is 4.92. The molecular formula is C19H18O5. The van der Waals surface area contributed by atoms with Crippen LogP contribution in [0.2, 0.25) is 0 Å². The summed E-state index contributed by atoms with van der Waals surface area (Å²) in [5, 5.41) is 0. The van der Waals surface area contributed by atoms with Crippen LogP contribution >= 0.6 is 0 Å². The molecule has 0 saturated heterocycles. The van der Waals surface area contributed by atoms with E-state index in [1.807, 2.05) is 0 Å². The summed E-state index contributed by atoms with van der Waals surface area (Å²) >= 11 is 0. The maximum Gasteiger partial charge on any atom is 0.336 e. The van der Waals surface area contributed by atoms with Gasteiger partial charge in [-0.1, -0.05) is 18.2 Å². The number of benzene rings is 2. The van der Waals surface area contributed by atoms with E-state index < -0.39 is 5.97 Å². The number of Topliss-reactive ketones (excluding diaryl/α,β-unsaturated/α-hetero) is 1. The van der Waals surface area contributed by atoms with E-state index in [9.17, 15) is 9.59 Å². The van der Waals surface area contributed by atoms with Gasteiger partial charge in [-0.3, -0.25) is 4.79 Å². The molecule has 0 aliphatic rings. The maximum absolute atomic E-state index is 12.0. The Morgan fingerprint density at radius 1 is 0.917 bits per heavy atom. The standard InChI is InChI=1S/C19H18O5/c1-13(20)15-6-4-5-7-16(15)24-19(21)11-9-14-8-10-17(22-2)18(12-14)23-3/h4-12H,1-3H3/b11-9+. The highest BCUT2D eigenvalue weighted by Crippen LogP contribution is 2.28.